The van der Waals surface area contributed by atoms with Crippen LogP contribution >= 0.6 is 11.3 Å². The smallest absolute Gasteiger partial charge is 0.0813 e. The lowest BCUT2D eigenvalue weighted by atomic mass is 9.99. The lowest BCUT2D eigenvalue weighted by Gasteiger charge is -2.36. The molecule has 0 aromatic carbocycles. The predicted molar refractivity (Wildman–Crippen MR) is 90.4 cm³/mol. The number of hydrogen-bond donors (Lipinski definition) is 0. The number of rotatable bonds is 7. The molecule has 0 bridgehead atoms. The van der Waals surface area contributed by atoms with Crippen molar-refractivity contribution in [1.29, 1.82) is 0 Å². The molecule has 0 aliphatic carbocycles. The average Bonchev–Trinajstić information content (AvgIpc) is 3.14. The Kier molecular flexibility index (Phi) is 5.88. The number of nitrogens with zero attached hydrogens (tertiary/aromatic N) is 2. The summed E-state index contributed by atoms with van der Waals surface area (Å²) in [6.45, 7) is 4.78. The van der Waals surface area contributed by atoms with Crippen LogP contribution in [0, 0.1) is 0 Å². The van der Waals surface area contributed by atoms with E-state index in [0.717, 1.165) is 32.7 Å². The number of likely N-dealkylation sites (tertiary alicyclic amines) is 1. The van der Waals surface area contributed by atoms with E-state index in [1.165, 1.54) is 24.9 Å². The molecule has 0 radical (unpaired) electrons. The maximum Gasteiger partial charge on any atom is 0.0813 e. The van der Waals surface area contributed by atoms with Crippen molar-refractivity contribution in [3.63, 3.8) is 0 Å². The van der Waals surface area contributed by atoms with Gasteiger partial charge in [-0.25, -0.2) is 0 Å². The van der Waals surface area contributed by atoms with Gasteiger partial charge in [0.2, 0.25) is 0 Å². The lowest BCUT2D eigenvalue weighted by molar-refractivity contribution is -0.100. The van der Waals surface area contributed by atoms with Crippen LogP contribution in [0.25, 0.3) is 0 Å². The van der Waals surface area contributed by atoms with Crippen molar-refractivity contribution in [2.24, 2.45) is 0 Å². The third kappa shape index (κ3) is 4.30. The van der Waals surface area contributed by atoms with Crippen LogP contribution in [0.3, 0.4) is 0 Å². The molecule has 3 rings (SSSR count). The highest BCUT2D eigenvalue weighted by Gasteiger charge is 2.39. The van der Waals surface area contributed by atoms with Crippen molar-refractivity contribution < 1.29 is 9.47 Å². The summed E-state index contributed by atoms with van der Waals surface area (Å²) in [6.07, 6.45) is 4.25. The summed E-state index contributed by atoms with van der Waals surface area (Å²) >= 11 is 1.79. The van der Waals surface area contributed by atoms with Gasteiger partial charge >= 0.3 is 0 Å². The molecular formula is C17H28N2O2S. The number of hydrogen-bond acceptors (Lipinski definition) is 5. The summed E-state index contributed by atoms with van der Waals surface area (Å²) in [7, 11) is 4.15. The molecule has 3 atom stereocenters. The van der Waals surface area contributed by atoms with Gasteiger partial charge in [0.25, 0.3) is 0 Å². The molecule has 5 heteroatoms. The van der Waals surface area contributed by atoms with E-state index >= 15 is 0 Å². The molecule has 0 N–H and O–H groups in total. The number of thiophene rings is 1. The van der Waals surface area contributed by atoms with Gasteiger partial charge in [0.1, 0.15) is 0 Å². The first-order valence-corrected chi connectivity index (χ1v) is 9.29. The maximum atomic E-state index is 6.29. The Hall–Kier alpha value is -0.460. The van der Waals surface area contributed by atoms with Crippen molar-refractivity contribution in [1.82, 2.24) is 9.80 Å². The molecule has 0 saturated carbocycles. The van der Waals surface area contributed by atoms with Gasteiger partial charge in [-0.1, -0.05) is 0 Å². The molecule has 4 nitrogen and oxygen atoms in total. The predicted octanol–water partition coefficient (Wildman–Crippen LogP) is 2.45. The van der Waals surface area contributed by atoms with E-state index in [-0.39, 0.29) is 0 Å². The van der Waals surface area contributed by atoms with Gasteiger partial charge in [0, 0.05) is 25.7 Å². The van der Waals surface area contributed by atoms with Crippen LogP contribution < -0.4 is 0 Å². The summed E-state index contributed by atoms with van der Waals surface area (Å²) in [6, 6.07) is 2.85. The first-order valence-electron chi connectivity index (χ1n) is 8.35. The monoisotopic (exact) mass is 324 g/mol. The zero-order valence-electron chi connectivity index (χ0n) is 13.7. The molecule has 124 valence electrons. The summed E-state index contributed by atoms with van der Waals surface area (Å²) < 4.78 is 12.1. The van der Waals surface area contributed by atoms with Gasteiger partial charge in [0.05, 0.1) is 25.4 Å². The summed E-state index contributed by atoms with van der Waals surface area (Å²) in [5, 5.41) is 4.43. The van der Waals surface area contributed by atoms with Crippen molar-refractivity contribution in [3.8, 4) is 0 Å². The fourth-order valence-corrected chi connectivity index (χ4v) is 4.14. The zero-order chi connectivity index (χ0) is 15.4. The van der Waals surface area contributed by atoms with E-state index < -0.39 is 0 Å². The molecule has 2 fully saturated rings. The Balaban J connectivity index is 1.41. The molecule has 0 amide bonds. The van der Waals surface area contributed by atoms with Crippen molar-refractivity contribution >= 4 is 11.3 Å². The summed E-state index contributed by atoms with van der Waals surface area (Å²) in [4.78, 5) is 4.76. The third-order valence-electron chi connectivity index (χ3n) is 4.70. The Morgan fingerprint density at radius 1 is 1.36 bits per heavy atom. The second-order valence-corrected chi connectivity index (χ2v) is 7.49. The normalized spacial score (nSPS) is 29.1. The van der Waals surface area contributed by atoms with Crippen LogP contribution in [0.4, 0.5) is 0 Å². The Labute approximate surface area is 138 Å². The van der Waals surface area contributed by atoms with E-state index in [2.05, 4.69) is 40.7 Å². The van der Waals surface area contributed by atoms with Crippen molar-refractivity contribution in [3.05, 3.63) is 22.4 Å². The van der Waals surface area contributed by atoms with Gasteiger partial charge in [-0.2, -0.15) is 11.3 Å². The molecule has 0 unspecified atom stereocenters. The quantitative estimate of drug-likeness (QED) is 0.719. The van der Waals surface area contributed by atoms with Gasteiger partial charge in [-0.15, -0.1) is 0 Å². The highest BCUT2D eigenvalue weighted by atomic mass is 32.1. The Morgan fingerprint density at radius 3 is 3.05 bits per heavy atom. The lowest BCUT2D eigenvalue weighted by Crippen LogP contribution is -2.43. The second kappa shape index (κ2) is 7.88. The molecule has 2 aliphatic heterocycles. The van der Waals surface area contributed by atoms with Gasteiger partial charge in [-0.05, 0) is 55.7 Å². The van der Waals surface area contributed by atoms with E-state index in [1.807, 2.05) is 0 Å². The van der Waals surface area contributed by atoms with Gasteiger partial charge < -0.3 is 14.4 Å². The standard InChI is InChI=1S/C17H28N2O2S/c1-18(2)8-9-20-12-15-3-4-16-17(21-15)5-7-19(16)11-14-6-10-22-13-14/h6,10,13,15-17H,3-5,7-9,11-12H2,1-2H3/t15-,16+,17+/m0/s1. The minimum absolute atomic E-state index is 0.296. The van der Waals surface area contributed by atoms with Crippen LogP contribution in [0.5, 0.6) is 0 Å². The topological polar surface area (TPSA) is 24.9 Å². The second-order valence-electron chi connectivity index (χ2n) is 6.71. The van der Waals surface area contributed by atoms with Crippen LogP contribution in [0.15, 0.2) is 16.8 Å². The third-order valence-corrected chi connectivity index (χ3v) is 5.44. The fourth-order valence-electron chi connectivity index (χ4n) is 3.48. The molecule has 2 saturated heterocycles. The Bertz CT molecular complexity index is 438. The Morgan fingerprint density at radius 2 is 2.27 bits per heavy atom. The van der Waals surface area contributed by atoms with Crippen LogP contribution in [0.1, 0.15) is 24.8 Å². The molecular weight excluding hydrogens is 296 g/mol. The van der Waals surface area contributed by atoms with Crippen LogP contribution in [-0.2, 0) is 16.0 Å². The van der Waals surface area contributed by atoms with Crippen LogP contribution in [0.2, 0.25) is 0 Å². The SMILES string of the molecule is CN(C)CCOC[C@@H]1CC[C@@H]2[C@@H](CCN2Cc2ccsc2)O1. The highest BCUT2D eigenvalue weighted by molar-refractivity contribution is 7.07. The van der Waals surface area contributed by atoms with E-state index in [1.54, 1.807) is 11.3 Å². The minimum Gasteiger partial charge on any atom is -0.377 e. The molecule has 1 aromatic heterocycles. The summed E-state index contributed by atoms with van der Waals surface area (Å²) in [5.41, 5.74) is 1.44. The number of likely N-dealkylation sites (N-methyl/N-ethyl adjacent to an activating group) is 1. The first-order chi connectivity index (χ1) is 10.7. The van der Waals surface area contributed by atoms with Crippen molar-refractivity contribution in [2.45, 2.75) is 44.1 Å². The number of ether oxygens (including phenoxy) is 2. The average molecular weight is 324 g/mol. The maximum absolute atomic E-state index is 6.29. The van der Waals surface area contributed by atoms with E-state index in [0.29, 0.717) is 18.2 Å². The zero-order valence-corrected chi connectivity index (χ0v) is 14.6. The molecule has 2 aliphatic rings. The number of fused-ring (bicyclic) bond motifs is 1. The minimum atomic E-state index is 0.296. The van der Waals surface area contributed by atoms with E-state index in [4.69, 9.17) is 9.47 Å². The molecule has 22 heavy (non-hydrogen) atoms. The van der Waals surface area contributed by atoms with Crippen LogP contribution in [-0.4, -0.2) is 68.4 Å². The highest BCUT2D eigenvalue weighted by Crippen LogP contribution is 2.32. The van der Waals surface area contributed by atoms with Gasteiger partial charge in [0.15, 0.2) is 0 Å². The molecule has 1 aromatic rings. The fraction of sp³-hybridized carbons (Fsp3) is 0.765. The molecule has 3 heterocycles. The largest absolute Gasteiger partial charge is 0.377 e. The van der Waals surface area contributed by atoms with Gasteiger partial charge in [-0.3, -0.25) is 4.90 Å². The first kappa shape index (κ1) is 16.4. The summed E-state index contributed by atoms with van der Waals surface area (Å²) in [5.74, 6) is 0. The molecule has 0 spiro atoms. The van der Waals surface area contributed by atoms with Crippen molar-refractivity contribution in [2.75, 3.05) is 40.4 Å². The van der Waals surface area contributed by atoms with E-state index in [9.17, 15) is 0 Å².